The SMILES string of the molecule is CC1CCC(CO)(NCc2c(O)cccc2Cl)CC1. The van der Waals surface area contributed by atoms with Gasteiger partial charge >= 0.3 is 0 Å². The van der Waals surface area contributed by atoms with Gasteiger partial charge in [-0.15, -0.1) is 0 Å². The second kappa shape index (κ2) is 6.12. The zero-order valence-corrected chi connectivity index (χ0v) is 12.1. The van der Waals surface area contributed by atoms with Crippen LogP contribution >= 0.6 is 11.6 Å². The number of halogens is 1. The van der Waals surface area contributed by atoms with Crippen LogP contribution < -0.4 is 5.32 Å². The van der Waals surface area contributed by atoms with Crippen molar-refractivity contribution in [2.45, 2.75) is 44.7 Å². The van der Waals surface area contributed by atoms with E-state index >= 15 is 0 Å². The first-order chi connectivity index (χ1) is 9.06. The summed E-state index contributed by atoms with van der Waals surface area (Å²) in [5.41, 5.74) is 0.480. The van der Waals surface area contributed by atoms with Crippen LogP contribution in [0.2, 0.25) is 5.02 Å². The molecule has 0 spiro atoms. The molecule has 3 N–H and O–H groups in total. The quantitative estimate of drug-likeness (QED) is 0.796. The summed E-state index contributed by atoms with van der Waals surface area (Å²) < 4.78 is 0. The molecule has 0 saturated heterocycles. The van der Waals surface area contributed by atoms with Gasteiger partial charge in [0, 0.05) is 22.7 Å². The topological polar surface area (TPSA) is 52.5 Å². The molecule has 19 heavy (non-hydrogen) atoms. The fourth-order valence-electron chi connectivity index (χ4n) is 2.70. The minimum atomic E-state index is -0.224. The van der Waals surface area contributed by atoms with Gasteiger partial charge in [0.15, 0.2) is 0 Å². The van der Waals surface area contributed by atoms with E-state index in [0.29, 0.717) is 17.1 Å². The lowest BCUT2D eigenvalue weighted by atomic mass is 9.77. The van der Waals surface area contributed by atoms with Crippen molar-refractivity contribution in [1.29, 1.82) is 0 Å². The zero-order chi connectivity index (χ0) is 13.9. The van der Waals surface area contributed by atoms with Crippen molar-refractivity contribution in [3.63, 3.8) is 0 Å². The Labute approximate surface area is 119 Å². The van der Waals surface area contributed by atoms with Crippen LogP contribution in [0.4, 0.5) is 0 Å². The molecule has 0 unspecified atom stereocenters. The van der Waals surface area contributed by atoms with Crippen molar-refractivity contribution in [2.75, 3.05) is 6.61 Å². The third-order valence-electron chi connectivity index (χ3n) is 4.27. The lowest BCUT2D eigenvalue weighted by Gasteiger charge is -2.39. The number of aliphatic hydroxyl groups excluding tert-OH is 1. The van der Waals surface area contributed by atoms with E-state index in [2.05, 4.69) is 12.2 Å². The number of aliphatic hydroxyl groups is 1. The van der Waals surface area contributed by atoms with Crippen LogP contribution in [0.1, 0.15) is 38.2 Å². The molecule has 0 radical (unpaired) electrons. The Morgan fingerprint density at radius 3 is 2.63 bits per heavy atom. The predicted molar refractivity (Wildman–Crippen MR) is 77.4 cm³/mol. The highest BCUT2D eigenvalue weighted by Gasteiger charge is 2.33. The van der Waals surface area contributed by atoms with Gasteiger partial charge in [0.05, 0.1) is 6.61 Å². The average Bonchev–Trinajstić information content (AvgIpc) is 2.41. The molecule has 1 fully saturated rings. The molecule has 0 aliphatic heterocycles. The Hall–Kier alpha value is -0.770. The van der Waals surface area contributed by atoms with Crippen LogP contribution in [0.15, 0.2) is 18.2 Å². The molecule has 1 aromatic carbocycles. The van der Waals surface area contributed by atoms with E-state index in [9.17, 15) is 10.2 Å². The predicted octanol–water partition coefficient (Wildman–Crippen LogP) is 3.08. The van der Waals surface area contributed by atoms with Gasteiger partial charge in [-0.05, 0) is 43.7 Å². The van der Waals surface area contributed by atoms with E-state index in [1.807, 2.05) is 0 Å². The lowest BCUT2D eigenvalue weighted by molar-refractivity contribution is 0.104. The molecule has 0 heterocycles. The summed E-state index contributed by atoms with van der Waals surface area (Å²) >= 11 is 6.10. The fraction of sp³-hybridized carbons (Fsp3) is 0.600. The molecular weight excluding hydrogens is 262 g/mol. The van der Waals surface area contributed by atoms with Crippen molar-refractivity contribution in [2.24, 2.45) is 5.92 Å². The maximum absolute atomic E-state index is 9.83. The number of phenols is 1. The van der Waals surface area contributed by atoms with Crippen LogP contribution in [-0.4, -0.2) is 22.4 Å². The first kappa shape index (κ1) is 14.6. The third-order valence-corrected chi connectivity index (χ3v) is 4.62. The van der Waals surface area contributed by atoms with E-state index in [4.69, 9.17) is 11.6 Å². The largest absolute Gasteiger partial charge is 0.508 e. The zero-order valence-electron chi connectivity index (χ0n) is 11.3. The summed E-state index contributed by atoms with van der Waals surface area (Å²) in [6.45, 7) is 2.87. The highest BCUT2D eigenvalue weighted by molar-refractivity contribution is 6.31. The molecule has 3 nitrogen and oxygen atoms in total. The van der Waals surface area contributed by atoms with E-state index in [-0.39, 0.29) is 17.9 Å². The Bertz CT molecular complexity index is 408. The van der Waals surface area contributed by atoms with Crippen LogP contribution in [0.3, 0.4) is 0 Å². The standard InChI is InChI=1S/C15H22ClNO2/c1-11-5-7-15(10-18,8-6-11)17-9-12-13(16)3-2-4-14(12)19/h2-4,11,17-19H,5-10H2,1H3. The van der Waals surface area contributed by atoms with E-state index < -0.39 is 0 Å². The molecule has 1 aliphatic carbocycles. The van der Waals surface area contributed by atoms with Crippen LogP contribution in [0.25, 0.3) is 0 Å². The van der Waals surface area contributed by atoms with E-state index in [0.717, 1.165) is 31.6 Å². The number of rotatable bonds is 4. The highest BCUT2D eigenvalue weighted by Crippen LogP contribution is 2.33. The van der Waals surface area contributed by atoms with Gasteiger partial charge in [-0.25, -0.2) is 0 Å². The van der Waals surface area contributed by atoms with Gasteiger partial charge in [0.25, 0.3) is 0 Å². The molecule has 0 bridgehead atoms. The number of benzene rings is 1. The maximum Gasteiger partial charge on any atom is 0.121 e. The smallest absolute Gasteiger partial charge is 0.121 e. The van der Waals surface area contributed by atoms with Crippen molar-refractivity contribution < 1.29 is 10.2 Å². The fourth-order valence-corrected chi connectivity index (χ4v) is 2.94. The Kier molecular flexibility index (Phi) is 4.71. The lowest BCUT2D eigenvalue weighted by Crippen LogP contribution is -2.50. The van der Waals surface area contributed by atoms with Gasteiger partial charge < -0.3 is 15.5 Å². The van der Waals surface area contributed by atoms with Crippen LogP contribution in [0.5, 0.6) is 5.75 Å². The minimum Gasteiger partial charge on any atom is -0.508 e. The summed E-state index contributed by atoms with van der Waals surface area (Å²) in [4.78, 5) is 0. The van der Waals surface area contributed by atoms with Crippen molar-refractivity contribution in [3.8, 4) is 5.75 Å². The molecule has 4 heteroatoms. The number of hydrogen-bond acceptors (Lipinski definition) is 3. The third kappa shape index (κ3) is 3.41. The summed E-state index contributed by atoms with van der Waals surface area (Å²) in [5, 5.41) is 23.5. The second-order valence-electron chi connectivity index (χ2n) is 5.71. The van der Waals surface area contributed by atoms with E-state index in [1.54, 1.807) is 18.2 Å². The monoisotopic (exact) mass is 283 g/mol. The average molecular weight is 284 g/mol. The number of aromatic hydroxyl groups is 1. The van der Waals surface area contributed by atoms with Crippen LogP contribution in [-0.2, 0) is 6.54 Å². The van der Waals surface area contributed by atoms with Crippen molar-refractivity contribution in [3.05, 3.63) is 28.8 Å². The Morgan fingerprint density at radius 2 is 2.05 bits per heavy atom. The molecule has 2 rings (SSSR count). The highest BCUT2D eigenvalue weighted by atomic mass is 35.5. The molecule has 106 valence electrons. The van der Waals surface area contributed by atoms with Crippen LogP contribution in [0, 0.1) is 5.92 Å². The molecule has 1 aromatic rings. The minimum absolute atomic E-state index is 0.130. The summed E-state index contributed by atoms with van der Waals surface area (Å²) in [7, 11) is 0. The molecule has 1 saturated carbocycles. The van der Waals surface area contributed by atoms with Gasteiger partial charge in [-0.2, -0.15) is 0 Å². The first-order valence-electron chi connectivity index (χ1n) is 6.88. The molecule has 0 atom stereocenters. The molecule has 0 aromatic heterocycles. The molecule has 1 aliphatic rings. The number of nitrogens with one attached hydrogen (secondary N) is 1. The summed E-state index contributed by atoms with van der Waals surface area (Å²) in [6.07, 6.45) is 4.19. The van der Waals surface area contributed by atoms with Gasteiger partial charge in [-0.1, -0.05) is 24.6 Å². The maximum atomic E-state index is 9.83. The first-order valence-corrected chi connectivity index (χ1v) is 7.26. The van der Waals surface area contributed by atoms with Crippen molar-refractivity contribution in [1.82, 2.24) is 5.32 Å². The second-order valence-corrected chi connectivity index (χ2v) is 6.12. The van der Waals surface area contributed by atoms with Gasteiger partial charge in [-0.3, -0.25) is 0 Å². The Balaban J connectivity index is 2.04. The normalized spacial score (nSPS) is 27.4. The molecule has 0 amide bonds. The molecular formula is C15H22ClNO2. The van der Waals surface area contributed by atoms with E-state index in [1.165, 1.54) is 0 Å². The van der Waals surface area contributed by atoms with Gasteiger partial charge in [0.1, 0.15) is 5.75 Å². The Morgan fingerprint density at radius 1 is 1.37 bits per heavy atom. The summed E-state index contributed by atoms with van der Waals surface area (Å²) in [5.74, 6) is 0.937. The van der Waals surface area contributed by atoms with Gasteiger partial charge in [0.2, 0.25) is 0 Å². The van der Waals surface area contributed by atoms with Crippen molar-refractivity contribution >= 4 is 11.6 Å². The number of phenolic OH excluding ortho intramolecular Hbond substituents is 1. The summed E-state index contributed by atoms with van der Waals surface area (Å²) in [6, 6.07) is 5.13. The number of hydrogen-bond donors (Lipinski definition) is 3.